The van der Waals surface area contributed by atoms with Gasteiger partial charge in [-0.3, -0.25) is 0 Å². The van der Waals surface area contributed by atoms with Gasteiger partial charge < -0.3 is 48.0 Å². The predicted octanol–water partition coefficient (Wildman–Crippen LogP) is -0.0263. The zero-order valence-electron chi connectivity index (χ0n) is 18.4. The Balaban J connectivity index is 0.00000210. The number of hydrogen-bond acceptors (Lipinski definition) is 4. The molecule has 2 aromatic heterocycles. The summed E-state index contributed by atoms with van der Waals surface area (Å²) < 4.78 is 7.58. The van der Waals surface area contributed by atoms with Crippen molar-refractivity contribution in [2.45, 2.75) is 57.1 Å². The lowest BCUT2D eigenvalue weighted by atomic mass is 9.99. The van der Waals surface area contributed by atoms with Crippen molar-refractivity contribution >= 4 is 46.2 Å². The molecule has 0 aliphatic heterocycles. The number of benzene rings is 1. The largest absolute Gasteiger partial charge is 1.00 e. The van der Waals surface area contributed by atoms with Crippen molar-refractivity contribution in [3.05, 3.63) is 43.9 Å². The molecule has 2 heterocycles. The summed E-state index contributed by atoms with van der Waals surface area (Å²) in [4.78, 5) is 2.78. The summed E-state index contributed by atoms with van der Waals surface area (Å²) in [5.41, 5.74) is 9.42. The molecule has 0 N–H and O–H groups in total. The Morgan fingerprint density at radius 2 is 0.966 bits per heavy atom. The number of nitrogens with zero attached hydrogens (tertiary/aromatic N) is 2. The lowest BCUT2D eigenvalue weighted by molar-refractivity contribution is -0.643. The van der Waals surface area contributed by atoms with Crippen LogP contribution in [0.15, 0.2) is 14.7 Å². The van der Waals surface area contributed by atoms with Crippen LogP contribution in [0.2, 0.25) is 0 Å². The monoisotopic (exact) mass is 690 g/mol. The molecule has 0 unspecified atom stereocenters. The quantitative estimate of drug-likeness (QED) is 0.216. The van der Waals surface area contributed by atoms with Crippen molar-refractivity contribution in [2.75, 3.05) is 12.5 Å². The second-order valence-corrected chi connectivity index (χ2v) is 11.4. The lowest BCUT2D eigenvalue weighted by Gasteiger charge is -2.11. The SMILES string of the molecule is CSc1sc(C)c(C)[n+]1-c1cc(-[n+]2c(SC)sc(C)c2C)c(C)c(C)c1C.[I-].[I-]. The van der Waals surface area contributed by atoms with Crippen molar-refractivity contribution in [2.24, 2.45) is 0 Å². The van der Waals surface area contributed by atoms with Crippen LogP contribution in [0.3, 0.4) is 0 Å². The van der Waals surface area contributed by atoms with Gasteiger partial charge in [-0.15, -0.1) is 9.13 Å². The van der Waals surface area contributed by atoms with Crippen molar-refractivity contribution in [1.29, 1.82) is 0 Å². The highest BCUT2D eigenvalue weighted by atomic mass is 127. The number of rotatable bonds is 4. The number of thioether (sulfide) groups is 2. The first kappa shape index (κ1) is 27.7. The van der Waals surface area contributed by atoms with E-state index >= 15 is 0 Å². The van der Waals surface area contributed by atoms with Crippen molar-refractivity contribution in [3.63, 3.8) is 0 Å². The maximum atomic E-state index is 2.45. The normalized spacial score (nSPS) is 10.7. The van der Waals surface area contributed by atoms with E-state index in [1.54, 1.807) is 0 Å². The van der Waals surface area contributed by atoms with Crippen molar-refractivity contribution in [3.8, 4) is 11.4 Å². The van der Waals surface area contributed by atoms with Crippen molar-refractivity contribution < 1.29 is 57.1 Å². The first-order valence-corrected chi connectivity index (χ1v) is 13.0. The Labute approximate surface area is 226 Å². The van der Waals surface area contributed by atoms with E-state index in [0.29, 0.717) is 0 Å². The minimum Gasteiger partial charge on any atom is -1.00 e. The molecule has 2 nitrogen and oxygen atoms in total. The van der Waals surface area contributed by atoms with E-state index in [1.165, 1.54) is 57.9 Å². The Bertz CT molecular complexity index is 960. The van der Waals surface area contributed by atoms with Gasteiger partial charge in [0.25, 0.3) is 0 Å². The third-order valence-electron chi connectivity index (χ3n) is 5.53. The van der Waals surface area contributed by atoms with Gasteiger partial charge in [-0.2, -0.15) is 0 Å². The van der Waals surface area contributed by atoms with E-state index in [2.05, 4.69) is 76.2 Å². The third-order valence-corrected chi connectivity index (χ3v) is 10.0. The zero-order chi connectivity index (χ0) is 20.0. The molecule has 0 aliphatic rings. The molecule has 0 radical (unpaired) electrons. The number of aryl methyl sites for hydroxylation is 2. The first-order valence-electron chi connectivity index (χ1n) is 8.96. The third kappa shape index (κ3) is 4.86. The molecule has 0 spiro atoms. The van der Waals surface area contributed by atoms with Crippen LogP contribution in [-0.2, 0) is 0 Å². The summed E-state index contributed by atoms with van der Waals surface area (Å²) in [6.45, 7) is 15.7. The maximum absolute atomic E-state index is 2.45. The summed E-state index contributed by atoms with van der Waals surface area (Å²) >= 11 is 7.44. The summed E-state index contributed by atoms with van der Waals surface area (Å²) in [5.74, 6) is 0. The fourth-order valence-corrected chi connectivity index (χ4v) is 7.30. The van der Waals surface area contributed by atoms with Gasteiger partial charge in [-0.05, 0) is 76.2 Å². The summed E-state index contributed by atoms with van der Waals surface area (Å²) in [6, 6.07) is 2.40. The molecular formula is C21H28I2N2S4. The van der Waals surface area contributed by atoms with Gasteiger partial charge >= 0.3 is 8.68 Å². The number of aromatic nitrogens is 2. The van der Waals surface area contributed by atoms with E-state index in [4.69, 9.17) is 0 Å². The van der Waals surface area contributed by atoms with Crippen LogP contribution in [0.5, 0.6) is 0 Å². The van der Waals surface area contributed by atoms with Gasteiger partial charge in [0.05, 0.1) is 15.8 Å². The van der Waals surface area contributed by atoms with Gasteiger partial charge in [-0.1, -0.05) is 22.7 Å². The van der Waals surface area contributed by atoms with Crippen LogP contribution in [0.25, 0.3) is 11.4 Å². The number of hydrogen-bond donors (Lipinski definition) is 0. The maximum Gasteiger partial charge on any atom is 0.303 e. The molecule has 0 saturated carbocycles. The highest BCUT2D eigenvalue weighted by molar-refractivity contribution is 8.00. The van der Waals surface area contributed by atoms with Crippen LogP contribution in [0.1, 0.15) is 37.8 Å². The lowest BCUT2D eigenvalue weighted by Crippen LogP contribution is -3.00. The predicted molar refractivity (Wildman–Crippen MR) is 122 cm³/mol. The molecule has 0 bridgehead atoms. The van der Waals surface area contributed by atoms with Crippen LogP contribution in [-0.4, -0.2) is 12.5 Å². The summed E-state index contributed by atoms with van der Waals surface area (Å²) in [7, 11) is 0. The molecule has 8 heteroatoms. The molecule has 3 rings (SSSR count). The smallest absolute Gasteiger partial charge is 0.303 e. The molecular weight excluding hydrogens is 662 g/mol. The van der Waals surface area contributed by atoms with Gasteiger partial charge in [-0.25, -0.2) is 0 Å². The highest BCUT2D eigenvalue weighted by Gasteiger charge is 2.31. The Morgan fingerprint density at radius 1 is 0.621 bits per heavy atom. The zero-order valence-corrected chi connectivity index (χ0v) is 25.9. The first-order chi connectivity index (χ1) is 12.7. The average Bonchev–Trinajstić information content (AvgIpc) is 3.10. The van der Waals surface area contributed by atoms with E-state index < -0.39 is 0 Å². The molecule has 0 fully saturated rings. The highest BCUT2D eigenvalue weighted by Crippen LogP contribution is 2.31. The minimum atomic E-state index is 0. The van der Waals surface area contributed by atoms with Crippen LogP contribution in [0.4, 0.5) is 0 Å². The number of thiazole rings is 2. The van der Waals surface area contributed by atoms with Crippen molar-refractivity contribution in [1.82, 2.24) is 0 Å². The summed E-state index contributed by atoms with van der Waals surface area (Å²) in [6.07, 6.45) is 4.34. The van der Waals surface area contributed by atoms with Gasteiger partial charge in [0.15, 0.2) is 11.4 Å². The molecule has 0 aliphatic carbocycles. The van der Waals surface area contributed by atoms with E-state index in [9.17, 15) is 0 Å². The Morgan fingerprint density at radius 3 is 1.28 bits per heavy atom. The average molecular weight is 691 g/mol. The minimum absolute atomic E-state index is 0. The molecule has 0 saturated heterocycles. The van der Waals surface area contributed by atoms with Crippen LogP contribution < -0.4 is 57.1 Å². The Kier molecular flexibility index (Phi) is 10.5. The van der Waals surface area contributed by atoms with Crippen LogP contribution >= 0.6 is 46.2 Å². The van der Waals surface area contributed by atoms with Gasteiger partial charge in [0, 0.05) is 25.0 Å². The van der Waals surface area contributed by atoms with E-state index in [-0.39, 0.29) is 48.0 Å². The standard InChI is InChI=1S/C21H28N2S4.2HI/c1-11-12(2)18(22-14(4)16(6)26-20(22)24-8)10-19(13(11)3)23-15(5)17(7)27-21(23)25-9;;/h10H,1-9H3;2*1H/q+2;;/p-2. The van der Waals surface area contributed by atoms with E-state index in [0.717, 1.165) is 0 Å². The molecule has 1 aromatic carbocycles. The molecule has 0 atom stereocenters. The fourth-order valence-electron chi connectivity index (χ4n) is 3.39. The summed E-state index contributed by atoms with van der Waals surface area (Å²) in [5, 5.41) is 0. The second-order valence-electron chi connectivity index (χ2n) is 6.89. The van der Waals surface area contributed by atoms with Crippen LogP contribution in [0, 0.1) is 48.5 Å². The van der Waals surface area contributed by atoms with Gasteiger partial charge in [0.2, 0.25) is 11.4 Å². The van der Waals surface area contributed by atoms with Gasteiger partial charge in [0.1, 0.15) is 0 Å². The number of halogens is 2. The molecule has 160 valence electrons. The second kappa shape index (κ2) is 11.0. The molecule has 0 amide bonds. The van der Waals surface area contributed by atoms with E-state index in [1.807, 2.05) is 46.2 Å². The topological polar surface area (TPSA) is 7.76 Å². The Hall–Kier alpha value is 0.640. The molecule has 29 heavy (non-hydrogen) atoms. The molecule has 3 aromatic rings. The fraction of sp³-hybridized carbons (Fsp3) is 0.429.